The van der Waals surface area contributed by atoms with Crippen molar-refractivity contribution in [3.63, 3.8) is 0 Å². The molecule has 0 spiro atoms. The number of carbonyl (C=O) groups excluding carboxylic acids is 4. The Bertz CT molecular complexity index is 1210. The summed E-state index contributed by atoms with van der Waals surface area (Å²) >= 11 is 0. The second-order valence-corrected chi connectivity index (χ2v) is 15.4. The maximum absolute atomic E-state index is 12.7. The third kappa shape index (κ3) is 15.0. The van der Waals surface area contributed by atoms with Crippen LogP contribution in [0.1, 0.15) is 112 Å². The monoisotopic (exact) mass is 720 g/mol. The van der Waals surface area contributed by atoms with E-state index in [2.05, 4.69) is 0 Å². The van der Waals surface area contributed by atoms with E-state index in [1.807, 2.05) is 78.8 Å². The van der Waals surface area contributed by atoms with Gasteiger partial charge < -0.3 is 38.6 Å². The Hall–Kier alpha value is -3.38. The molecule has 1 aromatic carbocycles. The lowest BCUT2D eigenvalue weighted by molar-refractivity contribution is -0.160. The Balaban J connectivity index is 0.000000368. The minimum absolute atomic E-state index is 0.0525. The molecule has 290 valence electrons. The van der Waals surface area contributed by atoms with E-state index in [1.54, 1.807) is 16.7 Å². The minimum Gasteiger partial charge on any atom is -0.466 e. The van der Waals surface area contributed by atoms with E-state index in [9.17, 15) is 19.2 Å². The highest BCUT2D eigenvalue weighted by atomic mass is 16.6. The number of aliphatic hydroxyl groups is 1. The third-order valence-corrected chi connectivity index (χ3v) is 9.03. The van der Waals surface area contributed by atoms with Crippen LogP contribution < -0.4 is 0 Å². The SMILES string of the molecule is CCOC(=O)C1(CCCO)CCN(C(=O)OC(C)(C)C)CC1.CCOC(=O)C1(CCCOCc2ccccc2)CCN(C(=O)OC(C)(C)C)CC1. The van der Waals surface area contributed by atoms with Gasteiger partial charge in [-0.05, 0) is 112 Å². The number of amides is 2. The number of ether oxygens (including phenoxy) is 5. The van der Waals surface area contributed by atoms with Gasteiger partial charge in [-0.15, -0.1) is 0 Å². The Kier molecular flexibility index (Phi) is 17.7. The van der Waals surface area contributed by atoms with Crippen LogP contribution in [0.2, 0.25) is 0 Å². The normalized spacial score (nSPS) is 17.0. The molecule has 0 aliphatic carbocycles. The molecule has 0 aromatic heterocycles. The number of hydrogen-bond donors (Lipinski definition) is 1. The van der Waals surface area contributed by atoms with Crippen LogP contribution in [0.25, 0.3) is 0 Å². The maximum Gasteiger partial charge on any atom is 0.410 e. The number of hydrogen-bond acceptors (Lipinski definition) is 10. The van der Waals surface area contributed by atoms with Crippen LogP contribution in [0.15, 0.2) is 30.3 Å². The number of aliphatic hydroxyl groups excluding tert-OH is 1. The van der Waals surface area contributed by atoms with Crippen LogP contribution in [0.3, 0.4) is 0 Å². The van der Waals surface area contributed by atoms with Crippen molar-refractivity contribution in [2.75, 3.05) is 52.6 Å². The lowest BCUT2D eigenvalue weighted by Gasteiger charge is -2.40. The maximum atomic E-state index is 12.7. The van der Waals surface area contributed by atoms with E-state index < -0.39 is 22.0 Å². The Morgan fingerprint density at radius 1 is 0.686 bits per heavy atom. The predicted molar refractivity (Wildman–Crippen MR) is 194 cm³/mol. The molecule has 2 amide bonds. The molecule has 0 bridgehead atoms. The van der Waals surface area contributed by atoms with E-state index in [0.29, 0.717) is 97.6 Å². The Morgan fingerprint density at radius 3 is 1.47 bits per heavy atom. The highest BCUT2D eigenvalue weighted by molar-refractivity contribution is 5.78. The van der Waals surface area contributed by atoms with Crippen LogP contribution in [0, 0.1) is 10.8 Å². The summed E-state index contributed by atoms with van der Waals surface area (Å²) in [4.78, 5) is 52.7. The fourth-order valence-corrected chi connectivity index (χ4v) is 6.26. The van der Waals surface area contributed by atoms with Gasteiger partial charge in [0.05, 0.1) is 30.7 Å². The molecule has 1 N–H and O–H groups in total. The third-order valence-electron chi connectivity index (χ3n) is 9.03. The molecular weight excluding hydrogens is 656 g/mol. The van der Waals surface area contributed by atoms with Gasteiger partial charge in [-0.1, -0.05) is 30.3 Å². The minimum atomic E-state index is -0.586. The summed E-state index contributed by atoms with van der Waals surface area (Å²) in [6.07, 6.45) is 4.23. The molecule has 12 nitrogen and oxygen atoms in total. The summed E-state index contributed by atoms with van der Waals surface area (Å²) in [5.41, 5.74) is -1.05. The standard InChI is InChI=1S/C23H35NO5.C16H29NO5/c1-5-28-20(25)23(12-9-17-27-18-19-10-7-6-8-11-19)13-15-24(16-14-23)21(26)29-22(2,3)4;1-5-21-13(19)16(7-6-12-18)8-10-17(11-9-16)14(20)22-15(2,3)4/h6-8,10-11H,5,9,12-18H2,1-4H3;18H,5-12H2,1-4H3. The quantitative estimate of drug-likeness (QED) is 0.130. The summed E-state index contributed by atoms with van der Waals surface area (Å²) in [7, 11) is 0. The average molecular weight is 721 g/mol. The molecular formula is C39H64N2O10. The molecule has 0 unspecified atom stereocenters. The fourth-order valence-electron chi connectivity index (χ4n) is 6.26. The van der Waals surface area contributed by atoms with Crippen molar-refractivity contribution < 1.29 is 48.0 Å². The predicted octanol–water partition coefficient (Wildman–Crippen LogP) is 6.90. The topological polar surface area (TPSA) is 141 Å². The number of carbonyl (C=O) groups is 4. The van der Waals surface area contributed by atoms with Gasteiger partial charge in [-0.3, -0.25) is 9.59 Å². The molecule has 2 saturated heterocycles. The summed E-state index contributed by atoms with van der Waals surface area (Å²) < 4.78 is 27.2. The first-order chi connectivity index (χ1) is 24.0. The van der Waals surface area contributed by atoms with E-state index >= 15 is 0 Å². The summed E-state index contributed by atoms with van der Waals surface area (Å²) in [6.45, 7) is 18.5. The number of esters is 2. The molecule has 12 heteroatoms. The molecule has 3 rings (SSSR count). The van der Waals surface area contributed by atoms with Crippen molar-refractivity contribution in [3.8, 4) is 0 Å². The van der Waals surface area contributed by atoms with E-state index in [4.69, 9.17) is 28.8 Å². The van der Waals surface area contributed by atoms with Crippen molar-refractivity contribution in [2.45, 2.75) is 125 Å². The van der Waals surface area contributed by atoms with Gasteiger partial charge in [0.2, 0.25) is 0 Å². The number of likely N-dealkylation sites (tertiary alicyclic amines) is 2. The first-order valence-corrected chi connectivity index (χ1v) is 18.5. The molecule has 2 heterocycles. The largest absolute Gasteiger partial charge is 0.466 e. The summed E-state index contributed by atoms with van der Waals surface area (Å²) in [5.74, 6) is -0.376. The molecule has 0 radical (unpaired) electrons. The van der Waals surface area contributed by atoms with Crippen LogP contribution >= 0.6 is 0 Å². The van der Waals surface area contributed by atoms with Crippen LogP contribution in [-0.2, 0) is 39.9 Å². The zero-order valence-electron chi connectivity index (χ0n) is 32.4. The van der Waals surface area contributed by atoms with Crippen molar-refractivity contribution in [1.29, 1.82) is 0 Å². The number of benzene rings is 1. The van der Waals surface area contributed by atoms with E-state index in [0.717, 1.165) is 12.0 Å². The lowest BCUT2D eigenvalue weighted by Crippen LogP contribution is -2.48. The van der Waals surface area contributed by atoms with E-state index in [1.165, 1.54) is 0 Å². The zero-order valence-corrected chi connectivity index (χ0v) is 32.4. The zero-order chi connectivity index (χ0) is 38.1. The van der Waals surface area contributed by atoms with Crippen LogP contribution in [-0.4, -0.2) is 103 Å². The molecule has 0 saturated carbocycles. The lowest BCUT2D eigenvalue weighted by atomic mass is 9.75. The number of piperidine rings is 2. The highest BCUT2D eigenvalue weighted by Crippen LogP contribution is 2.39. The summed E-state index contributed by atoms with van der Waals surface area (Å²) in [5, 5.41) is 9.05. The van der Waals surface area contributed by atoms with Gasteiger partial charge in [0.15, 0.2) is 0 Å². The van der Waals surface area contributed by atoms with Gasteiger partial charge in [-0.25, -0.2) is 9.59 Å². The first kappa shape index (κ1) is 43.8. The van der Waals surface area contributed by atoms with Crippen molar-refractivity contribution in [1.82, 2.24) is 9.80 Å². The fraction of sp³-hybridized carbons (Fsp3) is 0.744. The van der Waals surface area contributed by atoms with Gasteiger partial charge in [0.1, 0.15) is 11.2 Å². The molecule has 2 aliphatic heterocycles. The smallest absolute Gasteiger partial charge is 0.410 e. The summed E-state index contributed by atoms with van der Waals surface area (Å²) in [6, 6.07) is 10.0. The Morgan fingerprint density at radius 2 is 1.10 bits per heavy atom. The van der Waals surface area contributed by atoms with Crippen LogP contribution in [0.4, 0.5) is 9.59 Å². The van der Waals surface area contributed by atoms with Crippen LogP contribution in [0.5, 0.6) is 0 Å². The molecule has 51 heavy (non-hydrogen) atoms. The molecule has 1 aromatic rings. The first-order valence-electron chi connectivity index (χ1n) is 18.5. The van der Waals surface area contributed by atoms with Gasteiger partial charge >= 0.3 is 24.1 Å². The van der Waals surface area contributed by atoms with E-state index in [-0.39, 0.29) is 30.7 Å². The second-order valence-electron chi connectivity index (χ2n) is 15.4. The van der Waals surface area contributed by atoms with Crippen molar-refractivity contribution in [2.24, 2.45) is 10.8 Å². The highest BCUT2D eigenvalue weighted by Gasteiger charge is 2.45. The average Bonchev–Trinajstić information content (AvgIpc) is 3.07. The van der Waals surface area contributed by atoms with Crippen molar-refractivity contribution >= 4 is 24.1 Å². The molecule has 0 atom stereocenters. The number of nitrogens with zero attached hydrogens (tertiary/aromatic N) is 2. The number of rotatable bonds is 13. The molecule has 2 aliphatic rings. The Labute approximate surface area is 305 Å². The van der Waals surface area contributed by atoms with Gasteiger partial charge in [0, 0.05) is 39.4 Å². The molecule has 2 fully saturated rings. The second kappa shape index (κ2) is 20.6. The van der Waals surface area contributed by atoms with Crippen molar-refractivity contribution in [3.05, 3.63) is 35.9 Å². The van der Waals surface area contributed by atoms with Gasteiger partial charge in [0.25, 0.3) is 0 Å². The van der Waals surface area contributed by atoms with Gasteiger partial charge in [-0.2, -0.15) is 0 Å².